The summed E-state index contributed by atoms with van der Waals surface area (Å²) in [4.78, 5) is 14.9. The minimum atomic E-state index is -0.769. The average molecular weight is 335 g/mol. The second-order valence-corrected chi connectivity index (χ2v) is 8.26. The molecular formula is C19H34N4O. The van der Waals surface area contributed by atoms with Crippen molar-refractivity contribution in [3.05, 3.63) is 0 Å². The molecule has 0 aromatic heterocycles. The zero-order valence-electron chi connectivity index (χ0n) is 15.4. The maximum atomic E-state index is 12.6. The molecule has 1 amide bonds. The molecule has 5 heteroatoms. The van der Waals surface area contributed by atoms with Gasteiger partial charge in [-0.3, -0.25) is 9.69 Å². The molecule has 0 radical (unpaired) electrons. The van der Waals surface area contributed by atoms with Crippen LogP contribution < -0.4 is 11.1 Å². The predicted octanol–water partition coefficient (Wildman–Crippen LogP) is 2.41. The van der Waals surface area contributed by atoms with Gasteiger partial charge in [-0.25, -0.2) is 0 Å². The van der Waals surface area contributed by atoms with Crippen molar-refractivity contribution in [3.63, 3.8) is 0 Å². The fourth-order valence-corrected chi connectivity index (χ4v) is 4.26. The van der Waals surface area contributed by atoms with Gasteiger partial charge < -0.3 is 11.1 Å². The summed E-state index contributed by atoms with van der Waals surface area (Å²) >= 11 is 0. The van der Waals surface area contributed by atoms with Crippen LogP contribution in [0.5, 0.6) is 0 Å². The summed E-state index contributed by atoms with van der Waals surface area (Å²) in [6.07, 6.45) is 8.61. The lowest BCUT2D eigenvalue weighted by molar-refractivity contribution is -0.124. The lowest BCUT2D eigenvalue weighted by atomic mass is 9.84. The van der Waals surface area contributed by atoms with Gasteiger partial charge >= 0.3 is 0 Å². The average Bonchev–Trinajstić information content (AvgIpc) is 2.55. The Morgan fingerprint density at radius 2 is 2.04 bits per heavy atom. The number of rotatable bonds is 6. The van der Waals surface area contributed by atoms with Crippen LogP contribution in [0.25, 0.3) is 0 Å². The first-order chi connectivity index (χ1) is 11.4. The third kappa shape index (κ3) is 5.46. The Morgan fingerprint density at radius 3 is 2.67 bits per heavy atom. The maximum Gasteiger partial charge on any atom is 0.238 e. The Hall–Kier alpha value is -1.12. The summed E-state index contributed by atoms with van der Waals surface area (Å²) in [7, 11) is 0. The van der Waals surface area contributed by atoms with Crippen LogP contribution in [0.2, 0.25) is 0 Å². The standard InChI is InChI=1S/C19H34N4O/c1-15(2)12-23-10-6-9-19(13-20,14-23)22-18(24)17(21)11-16-7-4-3-5-8-16/h15-17H,3-12,14,21H2,1-2H3,(H,22,24). The van der Waals surface area contributed by atoms with E-state index in [1.807, 2.05) is 0 Å². The third-order valence-electron chi connectivity index (χ3n) is 5.42. The highest BCUT2D eigenvalue weighted by Crippen LogP contribution is 2.27. The number of carbonyl (C=O) groups is 1. The lowest BCUT2D eigenvalue weighted by Crippen LogP contribution is -2.61. The Bertz CT molecular complexity index is 453. The minimum absolute atomic E-state index is 0.145. The first-order valence-electron chi connectivity index (χ1n) is 9.65. The number of hydrogen-bond donors (Lipinski definition) is 2. The highest BCUT2D eigenvalue weighted by atomic mass is 16.2. The molecule has 2 unspecified atom stereocenters. The van der Waals surface area contributed by atoms with Crippen LogP contribution in [0.1, 0.15) is 65.2 Å². The molecule has 2 atom stereocenters. The molecule has 0 bridgehead atoms. The van der Waals surface area contributed by atoms with Crippen LogP contribution in [0.4, 0.5) is 0 Å². The van der Waals surface area contributed by atoms with E-state index in [1.54, 1.807) is 0 Å². The largest absolute Gasteiger partial charge is 0.335 e. The van der Waals surface area contributed by atoms with Gasteiger partial charge in [-0.15, -0.1) is 0 Å². The van der Waals surface area contributed by atoms with Crippen LogP contribution in [-0.2, 0) is 4.79 Å². The van der Waals surface area contributed by atoms with Gasteiger partial charge in [-0.05, 0) is 37.6 Å². The maximum absolute atomic E-state index is 12.6. The zero-order chi connectivity index (χ0) is 17.6. The summed E-state index contributed by atoms with van der Waals surface area (Å²) in [5, 5.41) is 12.7. The minimum Gasteiger partial charge on any atom is -0.335 e. The van der Waals surface area contributed by atoms with Crippen LogP contribution in [0.15, 0.2) is 0 Å². The van der Waals surface area contributed by atoms with Gasteiger partial charge in [0.05, 0.1) is 12.1 Å². The fourth-order valence-electron chi connectivity index (χ4n) is 4.26. The first kappa shape index (κ1) is 19.2. The molecule has 2 fully saturated rings. The van der Waals surface area contributed by atoms with Gasteiger partial charge in [0.1, 0.15) is 5.54 Å². The van der Waals surface area contributed by atoms with Crippen molar-refractivity contribution in [1.82, 2.24) is 10.2 Å². The molecule has 1 aliphatic heterocycles. The SMILES string of the molecule is CC(C)CN1CCCC(C#N)(NC(=O)C(N)CC2CCCCC2)C1. The van der Waals surface area contributed by atoms with Crippen LogP contribution in [-0.4, -0.2) is 42.0 Å². The van der Waals surface area contributed by atoms with E-state index in [-0.39, 0.29) is 5.91 Å². The van der Waals surface area contributed by atoms with Gasteiger partial charge in [0.2, 0.25) is 5.91 Å². The van der Waals surface area contributed by atoms with E-state index in [9.17, 15) is 10.1 Å². The van der Waals surface area contributed by atoms with Gasteiger partial charge in [-0.2, -0.15) is 5.26 Å². The lowest BCUT2D eigenvalue weighted by Gasteiger charge is -2.40. The van der Waals surface area contributed by atoms with E-state index < -0.39 is 11.6 Å². The number of piperidine rings is 1. The van der Waals surface area contributed by atoms with Crippen LogP contribution in [0, 0.1) is 23.2 Å². The molecule has 24 heavy (non-hydrogen) atoms. The molecule has 1 aliphatic carbocycles. The zero-order valence-corrected chi connectivity index (χ0v) is 15.4. The highest BCUT2D eigenvalue weighted by Gasteiger charge is 2.38. The Balaban J connectivity index is 1.90. The van der Waals surface area contributed by atoms with Crippen molar-refractivity contribution in [2.24, 2.45) is 17.6 Å². The number of nitrogens with one attached hydrogen (secondary N) is 1. The smallest absolute Gasteiger partial charge is 0.238 e. The molecule has 3 N–H and O–H groups in total. The van der Waals surface area contributed by atoms with E-state index in [0.29, 0.717) is 18.4 Å². The molecule has 2 aliphatic rings. The van der Waals surface area contributed by atoms with Crippen molar-refractivity contribution in [3.8, 4) is 6.07 Å². The Kier molecular flexibility index (Phi) is 7.06. The van der Waals surface area contributed by atoms with Crippen LogP contribution in [0.3, 0.4) is 0 Å². The number of nitriles is 1. The number of nitrogens with zero attached hydrogens (tertiary/aromatic N) is 2. The number of amides is 1. The third-order valence-corrected chi connectivity index (χ3v) is 5.42. The van der Waals surface area contributed by atoms with Crippen LogP contribution >= 0.6 is 0 Å². The molecule has 1 saturated carbocycles. The molecule has 1 heterocycles. The fraction of sp³-hybridized carbons (Fsp3) is 0.895. The second-order valence-electron chi connectivity index (χ2n) is 8.26. The van der Waals surface area contributed by atoms with Crippen molar-refractivity contribution in [1.29, 1.82) is 5.26 Å². The molecular weight excluding hydrogens is 300 g/mol. The molecule has 5 nitrogen and oxygen atoms in total. The highest BCUT2D eigenvalue weighted by molar-refractivity contribution is 5.82. The summed E-state index contributed by atoms with van der Waals surface area (Å²) in [5.74, 6) is 0.985. The van der Waals surface area contributed by atoms with Gasteiger partial charge in [0.15, 0.2) is 0 Å². The van der Waals surface area contributed by atoms with E-state index in [4.69, 9.17) is 5.73 Å². The molecule has 136 valence electrons. The normalized spacial score (nSPS) is 27.6. The molecule has 0 spiro atoms. The molecule has 2 rings (SSSR count). The number of likely N-dealkylation sites (tertiary alicyclic amines) is 1. The second kappa shape index (κ2) is 8.82. The topological polar surface area (TPSA) is 82.2 Å². The Morgan fingerprint density at radius 1 is 1.33 bits per heavy atom. The number of hydrogen-bond acceptors (Lipinski definition) is 4. The summed E-state index contributed by atoms with van der Waals surface area (Å²) in [5.41, 5.74) is 5.39. The van der Waals surface area contributed by atoms with Gasteiger partial charge in [0, 0.05) is 13.1 Å². The van der Waals surface area contributed by atoms with E-state index in [2.05, 4.69) is 30.1 Å². The van der Waals surface area contributed by atoms with Crippen molar-refractivity contribution < 1.29 is 4.79 Å². The predicted molar refractivity (Wildman–Crippen MR) is 96.2 cm³/mol. The van der Waals surface area contributed by atoms with E-state index >= 15 is 0 Å². The summed E-state index contributed by atoms with van der Waals surface area (Å²) < 4.78 is 0. The quantitative estimate of drug-likeness (QED) is 0.781. The van der Waals surface area contributed by atoms with Crippen molar-refractivity contribution >= 4 is 5.91 Å². The molecule has 0 aromatic rings. The number of nitrogens with two attached hydrogens (primary N) is 1. The molecule has 0 aromatic carbocycles. The van der Waals surface area contributed by atoms with E-state index in [0.717, 1.165) is 32.4 Å². The molecule has 1 saturated heterocycles. The monoisotopic (exact) mass is 334 g/mol. The van der Waals surface area contributed by atoms with Crippen molar-refractivity contribution in [2.45, 2.75) is 76.8 Å². The summed E-state index contributed by atoms with van der Waals surface area (Å²) in [6, 6.07) is 1.89. The van der Waals surface area contributed by atoms with Gasteiger partial charge in [-0.1, -0.05) is 46.0 Å². The Labute approximate surface area is 147 Å². The van der Waals surface area contributed by atoms with Crippen molar-refractivity contribution in [2.75, 3.05) is 19.6 Å². The first-order valence-corrected chi connectivity index (χ1v) is 9.65. The summed E-state index contributed by atoms with van der Waals surface area (Å²) in [6.45, 7) is 6.95. The number of carbonyl (C=O) groups excluding carboxylic acids is 1. The van der Waals surface area contributed by atoms with Gasteiger partial charge in [0.25, 0.3) is 0 Å². The van der Waals surface area contributed by atoms with E-state index in [1.165, 1.54) is 32.1 Å².